The van der Waals surface area contributed by atoms with Crippen LogP contribution in [-0.2, 0) is 6.54 Å². The van der Waals surface area contributed by atoms with Crippen LogP contribution in [-0.4, -0.2) is 29.1 Å². The fraction of sp³-hybridized carbons (Fsp3) is 0.429. The van der Waals surface area contributed by atoms with Gasteiger partial charge in [0.2, 0.25) is 0 Å². The summed E-state index contributed by atoms with van der Waals surface area (Å²) in [5.41, 5.74) is 2.78. The van der Waals surface area contributed by atoms with Gasteiger partial charge in [0, 0.05) is 34.9 Å². The summed E-state index contributed by atoms with van der Waals surface area (Å²) in [5.74, 6) is 0.773. The summed E-state index contributed by atoms with van der Waals surface area (Å²) < 4.78 is 2.56. The Morgan fingerprint density at radius 3 is 2.26 bits per heavy atom. The number of fused-ring (bicyclic) bond motifs is 3. The van der Waals surface area contributed by atoms with Crippen LogP contribution in [0.2, 0.25) is 0 Å². The fourth-order valence-corrected chi connectivity index (χ4v) is 4.28. The third-order valence-electron chi connectivity index (χ3n) is 5.26. The Balaban J connectivity index is 1.70. The molecule has 1 unspecified atom stereocenters. The Bertz CT molecular complexity index is 747. The lowest BCUT2D eigenvalue weighted by atomic mass is 9.97. The second-order valence-electron chi connectivity index (χ2n) is 6.95. The van der Waals surface area contributed by atoms with E-state index in [-0.39, 0.29) is 0 Å². The summed E-state index contributed by atoms with van der Waals surface area (Å²) in [6.07, 6.45) is 3.98. The van der Waals surface area contributed by atoms with E-state index in [0.29, 0.717) is 0 Å². The number of hydrogen-bond acceptors (Lipinski definition) is 1. The van der Waals surface area contributed by atoms with E-state index < -0.39 is 0 Å². The lowest BCUT2D eigenvalue weighted by molar-refractivity contribution is 0.165. The topological polar surface area (TPSA) is 8.17 Å². The Kier molecular flexibility index (Phi) is 4.09. The van der Waals surface area contributed by atoms with Gasteiger partial charge in [0.25, 0.3) is 0 Å². The number of hydrogen-bond donors (Lipinski definition) is 0. The molecule has 3 aromatic rings. The first-order chi connectivity index (χ1) is 11.4. The standard InChI is InChI=1S/C21H26N2/c1-2-13-22-14-7-8-17(15-22)16-23-20-11-5-3-9-18(20)19-10-4-6-12-21(19)23/h3-6,9-12,17H,2,7-8,13-16H2,1H3. The van der Waals surface area contributed by atoms with E-state index >= 15 is 0 Å². The molecule has 1 fully saturated rings. The summed E-state index contributed by atoms with van der Waals surface area (Å²) >= 11 is 0. The molecule has 0 spiro atoms. The molecule has 0 saturated carbocycles. The van der Waals surface area contributed by atoms with Crippen LogP contribution in [0.15, 0.2) is 48.5 Å². The predicted octanol–water partition coefficient (Wildman–Crippen LogP) is 4.92. The summed E-state index contributed by atoms with van der Waals surface area (Å²) in [7, 11) is 0. The van der Waals surface area contributed by atoms with Gasteiger partial charge in [0.05, 0.1) is 0 Å². The van der Waals surface area contributed by atoms with E-state index in [1.807, 2.05) is 0 Å². The van der Waals surface area contributed by atoms with E-state index in [1.54, 1.807) is 0 Å². The Hall–Kier alpha value is -1.80. The van der Waals surface area contributed by atoms with E-state index in [9.17, 15) is 0 Å². The third kappa shape index (κ3) is 2.76. The summed E-state index contributed by atoms with van der Waals surface area (Å²) in [4.78, 5) is 2.65. The Morgan fingerprint density at radius 1 is 0.957 bits per heavy atom. The first kappa shape index (κ1) is 14.8. The number of rotatable bonds is 4. The minimum atomic E-state index is 0.773. The average molecular weight is 306 g/mol. The molecule has 1 aromatic heterocycles. The molecule has 0 aliphatic carbocycles. The smallest absolute Gasteiger partial charge is 0.0491 e. The van der Waals surface area contributed by atoms with Crippen molar-refractivity contribution in [3.05, 3.63) is 48.5 Å². The van der Waals surface area contributed by atoms with Crippen molar-refractivity contribution >= 4 is 21.8 Å². The van der Waals surface area contributed by atoms with E-state index in [1.165, 1.54) is 60.7 Å². The van der Waals surface area contributed by atoms with E-state index in [4.69, 9.17) is 0 Å². The molecular formula is C21H26N2. The van der Waals surface area contributed by atoms with Gasteiger partial charge in [-0.05, 0) is 50.4 Å². The van der Waals surface area contributed by atoms with Crippen molar-refractivity contribution in [1.29, 1.82) is 0 Å². The quantitative estimate of drug-likeness (QED) is 0.664. The highest BCUT2D eigenvalue weighted by molar-refractivity contribution is 6.07. The largest absolute Gasteiger partial charge is 0.340 e. The second-order valence-corrected chi connectivity index (χ2v) is 6.95. The van der Waals surface area contributed by atoms with Gasteiger partial charge < -0.3 is 9.47 Å². The molecule has 120 valence electrons. The van der Waals surface area contributed by atoms with Gasteiger partial charge >= 0.3 is 0 Å². The van der Waals surface area contributed by atoms with Crippen LogP contribution in [0, 0.1) is 5.92 Å². The molecule has 1 aliphatic heterocycles. The molecular weight excluding hydrogens is 280 g/mol. The zero-order valence-corrected chi connectivity index (χ0v) is 14.0. The van der Waals surface area contributed by atoms with Crippen LogP contribution in [0.3, 0.4) is 0 Å². The van der Waals surface area contributed by atoms with Gasteiger partial charge in [-0.3, -0.25) is 0 Å². The van der Waals surface area contributed by atoms with Crippen molar-refractivity contribution in [2.45, 2.75) is 32.7 Å². The molecule has 1 atom stereocenters. The molecule has 0 amide bonds. The van der Waals surface area contributed by atoms with Gasteiger partial charge in [-0.2, -0.15) is 0 Å². The first-order valence-corrected chi connectivity index (χ1v) is 9.05. The maximum Gasteiger partial charge on any atom is 0.0491 e. The lowest BCUT2D eigenvalue weighted by Gasteiger charge is -2.33. The normalized spacial score (nSPS) is 19.6. The van der Waals surface area contributed by atoms with Crippen molar-refractivity contribution in [2.24, 2.45) is 5.92 Å². The monoisotopic (exact) mass is 306 g/mol. The molecule has 1 aliphatic rings. The lowest BCUT2D eigenvalue weighted by Crippen LogP contribution is -2.37. The maximum absolute atomic E-state index is 2.65. The van der Waals surface area contributed by atoms with Gasteiger partial charge in [-0.1, -0.05) is 43.3 Å². The molecule has 0 bridgehead atoms. The predicted molar refractivity (Wildman–Crippen MR) is 98.9 cm³/mol. The van der Waals surface area contributed by atoms with Crippen LogP contribution >= 0.6 is 0 Å². The summed E-state index contributed by atoms with van der Waals surface area (Å²) in [6, 6.07) is 17.7. The van der Waals surface area contributed by atoms with Crippen LogP contribution in [0.4, 0.5) is 0 Å². The van der Waals surface area contributed by atoms with Crippen molar-refractivity contribution in [2.75, 3.05) is 19.6 Å². The van der Waals surface area contributed by atoms with Crippen LogP contribution in [0.5, 0.6) is 0 Å². The molecule has 2 heteroatoms. The van der Waals surface area contributed by atoms with Crippen LogP contribution in [0.25, 0.3) is 21.8 Å². The van der Waals surface area contributed by atoms with E-state index in [0.717, 1.165) is 12.5 Å². The number of likely N-dealkylation sites (tertiary alicyclic amines) is 1. The Morgan fingerprint density at radius 2 is 1.61 bits per heavy atom. The van der Waals surface area contributed by atoms with Crippen molar-refractivity contribution < 1.29 is 0 Å². The molecule has 0 N–H and O–H groups in total. The van der Waals surface area contributed by atoms with Gasteiger partial charge in [-0.15, -0.1) is 0 Å². The second kappa shape index (κ2) is 6.37. The highest BCUT2D eigenvalue weighted by atomic mass is 15.1. The number of para-hydroxylation sites is 2. The fourth-order valence-electron chi connectivity index (χ4n) is 4.28. The van der Waals surface area contributed by atoms with Crippen LogP contribution < -0.4 is 0 Å². The highest BCUT2D eigenvalue weighted by Gasteiger charge is 2.21. The molecule has 0 radical (unpaired) electrons. The molecule has 2 nitrogen and oxygen atoms in total. The van der Waals surface area contributed by atoms with Crippen LogP contribution in [0.1, 0.15) is 26.2 Å². The average Bonchev–Trinajstić information content (AvgIpc) is 2.90. The number of nitrogens with zero attached hydrogens (tertiary/aromatic N) is 2. The van der Waals surface area contributed by atoms with Gasteiger partial charge in [0.1, 0.15) is 0 Å². The minimum Gasteiger partial charge on any atom is -0.340 e. The van der Waals surface area contributed by atoms with Crippen molar-refractivity contribution in [1.82, 2.24) is 9.47 Å². The molecule has 23 heavy (non-hydrogen) atoms. The zero-order chi connectivity index (χ0) is 15.6. The van der Waals surface area contributed by atoms with Crippen molar-refractivity contribution in [3.63, 3.8) is 0 Å². The SMILES string of the molecule is CCCN1CCCC(Cn2c3ccccc3c3ccccc32)C1. The number of aromatic nitrogens is 1. The third-order valence-corrected chi connectivity index (χ3v) is 5.26. The first-order valence-electron chi connectivity index (χ1n) is 9.05. The number of piperidine rings is 1. The molecule has 1 saturated heterocycles. The molecule has 2 aromatic carbocycles. The maximum atomic E-state index is 2.65. The summed E-state index contributed by atoms with van der Waals surface area (Å²) in [6.45, 7) is 7.24. The van der Waals surface area contributed by atoms with Crippen molar-refractivity contribution in [3.8, 4) is 0 Å². The summed E-state index contributed by atoms with van der Waals surface area (Å²) in [5, 5.41) is 2.79. The Labute approximate surface area is 138 Å². The number of benzene rings is 2. The van der Waals surface area contributed by atoms with Gasteiger partial charge in [-0.25, -0.2) is 0 Å². The zero-order valence-electron chi connectivity index (χ0n) is 14.0. The molecule has 4 rings (SSSR count). The van der Waals surface area contributed by atoms with Gasteiger partial charge in [0.15, 0.2) is 0 Å². The minimum absolute atomic E-state index is 0.773. The molecule has 2 heterocycles. The van der Waals surface area contributed by atoms with E-state index in [2.05, 4.69) is 64.9 Å². The highest BCUT2D eigenvalue weighted by Crippen LogP contribution is 2.30.